The number of hydrogen-bond acceptors (Lipinski definition) is 2. The first-order chi connectivity index (χ1) is 6.75. The van der Waals surface area contributed by atoms with Crippen molar-refractivity contribution in [2.24, 2.45) is 11.8 Å². The fraction of sp³-hybridized carbons (Fsp3) is 1.00. The van der Waals surface area contributed by atoms with Crippen LogP contribution in [-0.2, 0) is 0 Å². The Hall–Kier alpha value is -0.0800. The molecule has 4 unspecified atom stereocenters. The predicted molar refractivity (Wildman–Crippen MR) is 60.4 cm³/mol. The summed E-state index contributed by atoms with van der Waals surface area (Å²) in [5.41, 5.74) is 0. The van der Waals surface area contributed by atoms with Crippen molar-refractivity contribution in [2.45, 2.75) is 51.6 Å². The van der Waals surface area contributed by atoms with Crippen LogP contribution in [0.5, 0.6) is 0 Å². The van der Waals surface area contributed by atoms with Gasteiger partial charge in [-0.15, -0.1) is 0 Å². The van der Waals surface area contributed by atoms with Gasteiger partial charge in [0.1, 0.15) is 0 Å². The van der Waals surface area contributed by atoms with Crippen LogP contribution in [-0.4, -0.2) is 25.2 Å². The smallest absolute Gasteiger partial charge is 0.00989 e. The summed E-state index contributed by atoms with van der Waals surface area (Å²) in [4.78, 5) is 0. The average Bonchev–Trinajstić information content (AvgIpc) is 2.18. The quantitative estimate of drug-likeness (QED) is 0.668. The molecule has 14 heavy (non-hydrogen) atoms. The molecule has 2 aliphatic rings. The van der Waals surface area contributed by atoms with Crippen molar-refractivity contribution in [1.29, 1.82) is 0 Å². The maximum absolute atomic E-state index is 3.71. The van der Waals surface area contributed by atoms with E-state index in [0.717, 1.165) is 23.9 Å². The second kappa shape index (κ2) is 4.63. The number of nitrogens with one attached hydrogen (secondary N) is 2. The van der Waals surface area contributed by atoms with Gasteiger partial charge in [0.15, 0.2) is 0 Å². The normalized spacial score (nSPS) is 45.0. The van der Waals surface area contributed by atoms with Gasteiger partial charge in [-0.25, -0.2) is 0 Å². The Morgan fingerprint density at radius 2 is 1.71 bits per heavy atom. The Morgan fingerprint density at radius 3 is 2.43 bits per heavy atom. The second-order valence-corrected chi connectivity index (χ2v) is 5.33. The lowest BCUT2D eigenvalue weighted by molar-refractivity contribution is 0.192. The largest absolute Gasteiger partial charge is 0.314 e. The minimum absolute atomic E-state index is 0.729. The average molecular weight is 196 g/mol. The highest BCUT2D eigenvalue weighted by molar-refractivity contribution is 4.87. The van der Waals surface area contributed by atoms with E-state index in [-0.39, 0.29) is 0 Å². The maximum Gasteiger partial charge on any atom is 0.00989 e. The first-order valence-electron chi connectivity index (χ1n) is 6.22. The van der Waals surface area contributed by atoms with Gasteiger partial charge in [-0.2, -0.15) is 0 Å². The zero-order valence-corrected chi connectivity index (χ0v) is 9.55. The molecule has 0 amide bonds. The Bertz CT molecular complexity index is 161. The molecule has 0 spiro atoms. The van der Waals surface area contributed by atoms with Gasteiger partial charge in [-0.1, -0.05) is 6.92 Å². The van der Waals surface area contributed by atoms with Crippen LogP contribution in [0.1, 0.15) is 39.5 Å². The van der Waals surface area contributed by atoms with E-state index in [9.17, 15) is 0 Å². The van der Waals surface area contributed by atoms with E-state index in [2.05, 4.69) is 24.5 Å². The zero-order valence-electron chi connectivity index (χ0n) is 9.55. The minimum atomic E-state index is 0.729. The van der Waals surface area contributed by atoms with Crippen LogP contribution >= 0.6 is 0 Å². The molecule has 2 nitrogen and oxygen atoms in total. The SMILES string of the molecule is CC1CCNC(C2CCNC(C)C2)C1. The third kappa shape index (κ3) is 2.48. The van der Waals surface area contributed by atoms with E-state index in [1.54, 1.807) is 0 Å². The molecule has 0 radical (unpaired) electrons. The minimum Gasteiger partial charge on any atom is -0.314 e. The summed E-state index contributed by atoms with van der Waals surface area (Å²) in [6.07, 6.45) is 5.51. The van der Waals surface area contributed by atoms with Gasteiger partial charge in [0.2, 0.25) is 0 Å². The number of rotatable bonds is 1. The van der Waals surface area contributed by atoms with Crippen molar-refractivity contribution in [3.63, 3.8) is 0 Å². The fourth-order valence-corrected chi connectivity index (χ4v) is 3.04. The van der Waals surface area contributed by atoms with Crippen LogP contribution in [0, 0.1) is 11.8 Å². The number of hydrogen-bond donors (Lipinski definition) is 2. The van der Waals surface area contributed by atoms with Crippen LogP contribution in [0.2, 0.25) is 0 Å². The highest BCUT2D eigenvalue weighted by Crippen LogP contribution is 2.27. The van der Waals surface area contributed by atoms with E-state index in [1.165, 1.54) is 38.8 Å². The summed E-state index contributed by atoms with van der Waals surface area (Å²) < 4.78 is 0. The third-order valence-corrected chi connectivity index (χ3v) is 3.93. The van der Waals surface area contributed by atoms with Gasteiger partial charge in [0, 0.05) is 12.1 Å². The molecule has 0 aromatic carbocycles. The molecule has 2 heteroatoms. The van der Waals surface area contributed by atoms with Crippen LogP contribution < -0.4 is 10.6 Å². The van der Waals surface area contributed by atoms with Gasteiger partial charge in [-0.3, -0.25) is 0 Å². The molecule has 2 fully saturated rings. The van der Waals surface area contributed by atoms with E-state index >= 15 is 0 Å². The molecule has 0 aromatic rings. The Kier molecular flexibility index (Phi) is 3.45. The molecule has 4 atom stereocenters. The van der Waals surface area contributed by atoms with E-state index in [4.69, 9.17) is 0 Å². The lowest BCUT2D eigenvalue weighted by atomic mass is 9.80. The van der Waals surface area contributed by atoms with Crippen molar-refractivity contribution in [3.8, 4) is 0 Å². The summed E-state index contributed by atoms with van der Waals surface area (Å²) in [7, 11) is 0. The van der Waals surface area contributed by atoms with Gasteiger partial charge in [0.05, 0.1) is 0 Å². The molecular weight excluding hydrogens is 172 g/mol. The summed E-state index contributed by atoms with van der Waals surface area (Å²) >= 11 is 0. The van der Waals surface area contributed by atoms with E-state index in [1.807, 2.05) is 0 Å². The van der Waals surface area contributed by atoms with Crippen molar-refractivity contribution in [1.82, 2.24) is 10.6 Å². The molecule has 2 saturated heterocycles. The number of piperidine rings is 2. The van der Waals surface area contributed by atoms with Crippen LogP contribution in [0.15, 0.2) is 0 Å². The lowest BCUT2D eigenvalue weighted by Gasteiger charge is -2.38. The van der Waals surface area contributed by atoms with Gasteiger partial charge in [0.25, 0.3) is 0 Å². The highest BCUT2D eigenvalue weighted by Gasteiger charge is 2.29. The molecule has 0 aromatic heterocycles. The predicted octanol–water partition coefficient (Wildman–Crippen LogP) is 1.76. The van der Waals surface area contributed by atoms with E-state index in [0.29, 0.717) is 0 Å². The molecule has 82 valence electrons. The molecule has 2 heterocycles. The molecule has 0 aliphatic carbocycles. The fourth-order valence-electron chi connectivity index (χ4n) is 3.04. The Morgan fingerprint density at radius 1 is 0.929 bits per heavy atom. The zero-order chi connectivity index (χ0) is 9.97. The monoisotopic (exact) mass is 196 g/mol. The molecule has 2 aliphatic heterocycles. The van der Waals surface area contributed by atoms with Gasteiger partial charge < -0.3 is 10.6 Å². The standard InChI is InChI=1S/C12H24N2/c1-9-3-5-14-12(7-9)11-4-6-13-10(2)8-11/h9-14H,3-8H2,1-2H3. The molecular formula is C12H24N2. The first kappa shape index (κ1) is 10.4. The Labute approximate surface area is 87.8 Å². The van der Waals surface area contributed by atoms with Crippen LogP contribution in [0.3, 0.4) is 0 Å². The van der Waals surface area contributed by atoms with Crippen LogP contribution in [0.4, 0.5) is 0 Å². The first-order valence-corrected chi connectivity index (χ1v) is 6.22. The van der Waals surface area contributed by atoms with Crippen molar-refractivity contribution < 1.29 is 0 Å². The molecule has 2 rings (SSSR count). The molecule has 0 bridgehead atoms. The third-order valence-electron chi connectivity index (χ3n) is 3.93. The van der Waals surface area contributed by atoms with Crippen molar-refractivity contribution in [3.05, 3.63) is 0 Å². The second-order valence-electron chi connectivity index (χ2n) is 5.33. The summed E-state index contributed by atoms with van der Waals surface area (Å²) in [6, 6.07) is 1.54. The topological polar surface area (TPSA) is 24.1 Å². The Balaban J connectivity index is 1.86. The highest BCUT2D eigenvalue weighted by atomic mass is 15.0. The summed E-state index contributed by atoms with van der Waals surface area (Å²) in [5.74, 6) is 1.86. The summed E-state index contributed by atoms with van der Waals surface area (Å²) in [5, 5.41) is 7.25. The van der Waals surface area contributed by atoms with Gasteiger partial charge in [-0.05, 0) is 57.5 Å². The summed E-state index contributed by atoms with van der Waals surface area (Å²) in [6.45, 7) is 7.18. The van der Waals surface area contributed by atoms with Gasteiger partial charge >= 0.3 is 0 Å². The maximum atomic E-state index is 3.71. The van der Waals surface area contributed by atoms with Crippen LogP contribution in [0.25, 0.3) is 0 Å². The lowest BCUT2D eigenvalue weighted by Crippen LogP contribution is -2.48. The molecule has 0 saturated carbocycles. The molecule has 2 N–H and O–H groups in total. The van der Waals surface area contributed by atoms with Crippen molar-refractivity contribution >= 4 is 0 Å². The van der Waals surface area contributed by atoms with E-state index < -0.39 is 0 Å². The van der Waals surface area contributed by atoms with Crippen molar-refractivity contribution in [2.75, 3.05) is 13.1 Å².